The number of carbonyl (C=O) groups is 3. The molecule has 2 saturated heterocycles. The fourth-order valence-corrected chi connectivity index (χ4v) is 7.81. The first-order valence-corrected chi connectivity index (χ1v) is 16.3. The smallest absolute Gasteiger partial charge is 0.264 e. The Balaban J connectivity index is 1.34. The monoisotopic (exact) mass is 595 g/mol. The quantitative estimate of drug-likeness (QED) is 0.451. The summed E-state index contributed by atoms with van der Waals surface area (Å²) >= 11 is 0. The predicted octanol–water partition coefficient (Wildman–Crippen LogP) is 2.40. The molecule has 11 heteroatoms. The van der Waals surface area contributed by atoms with E-state index in [1.54, 1.807) is 24.3 Å². The largest absolute Gasteiger partial charge is 0.372 e. The van der Waals surface area contributed by atoms with Crippen LogP contribution in [0, 0.1) is 17.8 Å². The van der Waals surface area contributed by atoms with Crippen LogP contribution in [-0.4, -0.2) is 67.6 Å². The van der Waals surface area contributed by atoms with Crippen LogP contribution < -0.4 is 10.6 Å². The first-order chi connectivity index (χ1) is 20.0. The lowest BCUT2D eigenvalue weighted by atomic mass is 9.88. The topological polar surface area (TPSA) is 133 Å². The van der Waals surface area contributed by atoms with Crippen molar-refractivity contribution in [2.75, 3.05) is 19.3 Å². The van der Waals surface area contributed by atoms with Crippen LogP contribution >= 0.6 is 0 Å². The van der Waals surface area contributed by atoms with Crippen LogP contribution in [0.2, 0.25) is 0 Å². The molecule has 0 radical (unpaired) electrons. The van der Waals surface area contributed by atoms with Crippen molar-refractivity contribution in [1.82, 2.24) is 15.5 Å². The van der Waals surface area contributed by atoms with Gasteiger partial charge in [0.05, 0.1) is 6.04 Å². The number of likely N-dealkylation sites (tertiary alicyclic amines) is 1. The van der Waals surface area contributed by atoms with Crippen molar-refractivity contribution in [3.05, 3.63) is 70.9 Å². The number of rotatable bonds is 7. The van der Waals surface area contributed by atoms with Crippen molar-refractivity contribution in [2.24, 2.45) is 17.8 Å². The van der Waals surface area contributed by atoms with E-state index in [0.29, 0.717) is 30.5 Å². The van der Waals surface area contributed by atoms with E-state index in [1.807, 2.05) is 24.3 Å². The lowest BCUT2D eigenvalue weighted by Gasteiger charge is -2.34. The molecule has 2 aliphatic heterocycles. The number of carbonyl (C=O) groups excluding carboxylic acids is 3. The van der Waals surface area contributed by atoms with E-state index in [2.05, 4.69) is 10.6 Å². The minimum Gasteiger partial charge on any atom is -0.372 e. The molecule has 2 aliphatic carbocycles. The highest BCUT2D eigenvalue weighted by molar-refractivity contribution is 7.94. The van der Waals surface area contributed by atoms with Gasteiger partial charge in [-0.15, -0.1) is 0 Å². The molecule has 3 fully saturated rings. The van der Waals surface area contributed by atoms with Gasteiger partial charge < -0.3 is 20.6 Å². The van der Waals surface area contributed by atoms with Gasteiger partial charge in [-0.1, -0.05) is 55.0 Å². The van der Waals surface area contributed by atoms with Crippen LogP contribution in [0.3, 0.4) is 0 Å². The highest BCUT2D eigenvalue weighted by Gasteiger charge is 2.56. The van der Waals surface area contributed by atoms with Crippen molar-refractivity contribution in [3.8, 4) is 11.1 Å². The summed E-state index contributed by atoms with van der Waals surface area (Å²) < 4.78 is 38.4. The molecule has 6 rings (SSSR count). The van der Waals surface area contributed by atoms with Gasteiger partial charge >= 0.3 is 0 Å². The molecular formula is C31H34FN3O6S. The normalized spacial score (nSPS) is 26.8. The summed E-state index contributed by atoms with van der Waals surface area (Å²) in [7, 11) is -4.17. The first-order valence-electron chi connectivity index (χ1n) is 14.4. The van der Waals surface area contributed by atoms with Crippen molar-refractivity contribution >= 4 is 27.6 Å². The van der Waals surface area contributed by atoms with Gasteiger partial charge in [-0.05, 0) is 54.7 Å². The Labute approximate surface area is 244 Å². The molecule has 3 amide bonds. The molecule has 222 valence electrons. The molecule has 9 nitrogen and oxygen atoms in total. The standard InChI is InChI=1S/C31H34FN3O6S/c1-42(40,41)26(32)16-20(15-18-13-14-33-28(18)36)34-29(37)27-21-10-6-7-19(21)17-35(27)30(38)31(39)24-11-4-2-8-22(24)23-9-3-5-12-25(23)31/h2-5,8-9,11-12,16,18-21,27,39H,6-7,10,13-15,17H2,1H3,(H,33,36)(H,34,37)/b26-16+/t18-,19+,20+,21+,27+/m1/s1. The van der Waals surface area contributed by atoms with Crippen molar-refractivity contribution in [2.45, 2.75) is 49.8 Å². The van der Waals surface area contributed by atoms with Gasteiger partial charge in [-0.25, -0.2) is 8.42 Å². The van der Waals surface area contributed by atoms with Crippen LogP contribution in [0.1, 0.15) is 43.2 Å². The highest BCUT2D eigenvalue weighted by atomic mass is 32.2. The zero-order chi connectivity index (χ0) is 29.8. The third-order valence-electron chi connectivity index (χ3n) is 9.37. The number of hydrogen-bond donors (Lipinski definition) is 3. The van der Waals surface area contributed by atoms with Crippen LogP contribution in [0.15, 0.2) is 59.8 Å². The second kappa shape index (κ2) is 10.6. The molecule has 0 unspecified atom stereocenters. The molecule has 3 N–H and O–H groups in total. The Bertz CT molecular complexity index is 1540. The summed E-state index contributed by atoms with van der Waals surface area (Å²) in [6, 6.07) is 12.3. The number of aliphatic hydroxyl groups is 1. The van der Waals surface area contributed by atoms with Crippen LogP contribution in [0.5, 0.6) is 0 Å². The number of sulfone groups is 1. The summed E-state index contributed by atoms with van der Waals surface area (Å²) in [6.45, 7) is 0.732. The maximum absolute atomic E-state index is 14.6. The minimum absolute atomic E-state index is 0.0139. The van der Waals surface area contributed by atoms with Crippen molar-refractivity contribution < 1.29 is 32.3 Å². The lowest BCUT2D eigenvalue weighted by molar-refractivity contribution is -0.152. The molecule has 2 aromatic carbocycles. The summed E-state index contributed by atoms with van der Waals surface area (Å²) in [4.78, 5) is 42.2. The summed E-state index contributed by atoms with van der Waals surface area (Å²) in [5, 5.41) is 16.3. The fraction of sp³-hybridized carbons (Fsp3) is 0.452. The summed E-state index contributed by atoms with van der Waals surface area (Å²) in [6.07, 6.45) is 4.50. The second-order valence-corrected chi connectivity index (χ2v) is 13.9. The van der Waals surface area contributed by atoms with Gasteiger partial charge in [0.1, 0.15) is 6.04 Å². The number of benzene rings is 2. The lowest BCUT2D eigenvalue weighted by Crippen LogP contribution is -2.55. The Morgan fingerprint density at radius 3 is 2.36 bits per heavy atom. The molecule has 42 heavy (non-hydrogen) atoms. The second-order valence-electron chi connectivity index (χ2n) is 11.9. The van der Waals surface area contributed by atoms with E-state index in [0.717, 1.165) is 36.3 Å². The molecule has 2 aromatic rings. The molecule has 2 heterocycles. The van der Waals surface area contributed by atoms with E-state index >= 15 is 0 Å². The molecule has 4 aliphatic rings. The average Bonchev–Trinajstić information content (AvgIpc) is 3.72. The highest BCUT2D eigenvalue weighted by Crippen LogP contribution is 2.50. The molecule has 0 bridgehead atoms. The molecular weight excluding hydrogens is 561 g/mol. The Kier molecular flexibility index (Phi) is 7.21. The SMILES string of the molecule is CS(=O)(=O)/C(F)=C/[C@H](C[C@H]1CCNC1=O)NC(=O)[C@@H]1[C@H]2CCC[C@H]2CN1C(=O)C1(O)c2ccccc2-c2ccccc21. The number of nitrogens with one attached hydrogen (secondary N) is 2. The fourth-order valence-electron chi connectivity index (χ4n) is 7.40. The summed E-state index contributed by atoms with van der Waals surface area (Å²) in [5.41, 5.74) is 0.418. The van der Waals surface area contributed by atoms with E-state index in [-0.39, 0.29) is 30.7 Å². The van der Waals surface area contributed by atoms with Gasteiger partial charge in [0.2, 0.25) is 26.8 Å². The van der Waals surface area contributed by atoms with Crippen LogP contribution in [-0.2, 0) is 29.8 Å². The van der Waals surface area contributed by atoms with Gasteiger partial charge in [0.25, 0.3) is 5.91 Å². The molecule has 5 atom stereocenters. The van der Waals surface area contributed by atoms with Gasteiger partial charge in [0.15, 0.2) is 5.60 Å². The Hall–Kier alpha value is -3.57. The van der Waals surface area contributed by atoms with E-state index in [1.165, 1.54) is 4.90 Å². The van der Waals surface area contributed by atoms with Crippen molar-refractivity contribution in [3.63, 3.8) is 0 Å². The van der Waals surface area contributed by atoms with Crippen LogP contribution in [0.25, 0.3) is 11.1 Å². The Morgan fingerprint density at radius 2 is 1.76 bits per heavy atom. The van der Waals surface area contributed by atoms with Gasteiger partial charge in [-0.2, -0.15) is 4.39 Å². The minimum atomic E-state index is -4.17. The number of nitrogens with zero attached hydrogens (tertiary/aromatic N) is 1. The third kappa shape index (κ3) is 4.72. The van der Waals surface area contributed by atoms with E-state index in [9.17, 15) is 32.3 Å². The predicted molar refractivity (Wildman–Crippen MR) is 153 cm³/mol. The molecule has 1 saturated carbocycles. The van der Waals surface area contributed by atoms with Crippen LogP contribution in [0.4, 0.5) is 4.39 Å². The van der Waals surface area contributed by atoms with Gasteiger partial charge in [0, 0.05) is 36.4 Å². The maximum Gasteiger partial charge on any atom is 0.264 e. The first kappa shape index (κ1) is 28.5. The number of amides is 3. The number of hydrogen-bond acceptors (Lipinski definition) is 6. The molecule has 0 spiro atoms. The zero-order valence-electron chi connectivity index (χ0n) is 23.3. The average molecular weight is 596 g/mol. The maximum atomic E-state index is 14.6. The van der Waals surface area contributed by atoms with E-state index in [4.69, 9.17) is 0 Å². The van der Waals surface area contributed by atoms with Crippen molar-refractivity contribution in [1.29, 1.82) is 0 Å². The third-order valence-corrected chi connectivity index (χ3v) is 10.2. The molecule has 0 aromatic heterocycles. The number of halogens is 1. The van der Waals surface area contributed by atoms with E-state index < -0.39 is 50.4 Å². The summed E-state index contributed by atoms with van der Waals surface area (Å²) in [5.74, 6) is -2.02. The zero-order valence-corrected chi connectivity index (χ0v) is 24.1. The Morgan fingerprint density at radius 1 is 1.12 bits per heavy atom. The van der Waals surface area contributed by atoms with Gasteiger partial charge in [-0.3, -0.25) is 14.4 Å². The number of fused-ring (bicyclic) bond motifs is 4.